The van der Waals surface area contributed by atoms with Gasteiger partial charge in [-0.2, -0.15) is 0 Å². The second-order valence-electron chi connectivity index (χ2n) is 12.9. The molecule has 0 bridgehead atoms. The van der Waals surface area contributed by atoms with Crippen LogP contribution in [0.3, 0.4) is 0 Å². The summed E-state index contributed by atoms with van der Waals surface area (Å²) in [7, 11) is 0. The van der Waals surface area contributed by atoms with Gasteiger partial charge < -0.3 is 36.0 Å². The van der Waals surface area contributed by atoms with Crippen LogP contribution in [-0.2, 0) is 14.3 Å². The number of ketones is 2. The smallest absolute Gasteiger partial charge is 0.179 e. The minimum atomic E-state index is -2.83. The molecule has 0 aromatic rings. The van der Waals surface area contributed by atoms with Crippen molar-refractivity contribution in [1.82, 2.24) is 0 Å². The van der Waals surface area contributed by atoms with Crippen LogP contribution < -0.4 is 5.73 Å². The van der Waals surface area contributed by atoms with E-state index >= 15 is 0 Å². The number of hydrogen-bond donors (Lipinski definition) is 6. The van der Waals surface area contributed by atoms with Crippen molar-refractivity contribution in [2.45, 2.75) is 191 Å². The molecule has 1 radical (unpaired) electrons. The van der Waals surface area contributed by atoms with E-state index in [-0.39, 0.29) is 0 Å². The molecule has 0 aromatic heterocycles. The summed E-state index contributed by atoms with van der Waals surface area (Å²) in [6.07, 6.45) is 14.3. The Morgan fingerprint density at radius 2 is 1.09 bits per heavy atom. The maximum absolute atomic E-state index is 13.4. The van der Waals surface area contributed by atoms with Crippen molar-refractivity contribution in [3.63, 3.8) is 0 Å². The molecule has 7 N–H and O–H groups in total. The molecule has 0 amide bonds. The summed E-state index contributed by atoms with van der Waals surface area (Å²) < 4.78 is 5.27. The highest BCUT2D eigenvalue weighted by molar-refractivity contribution is 6.02. The van der Waals surface area contributed by atoms with E-state index in [1.165, 1.54) is 64.2 Å². The van der Waals surface area contributed by atoms with Crippen LogP contribution in [0.15, 0.2) is 0 Å². The number of aliphatic hydroxyl groups excluding tert-OH is 4. The van der Waals surface area contributed by atoms with E-state index in [2.05, 4.69) is 13.8 Å². The first-order valence-corrected chi connectivity index (χ1v) is 17.3. The van der Waals surface area contributed by atoms with Crippen molar-refractivity contribution >= 4 is 11.6 Å². The second-order valence-corrected chi connectivity index (χ2v) is 12.9. The SMILES string of the molecule is CCCCCCCCCCCC(O)CC(=O)[C@]1(N)[CH]O[C@H](CO)[C@@H](O)[C@@]1(O)C(=O)CC(O)CCCCCCCCCCC. The van der Waals surface area contributed by atoms with Gasteiger partial charge in [0, 0.05) is 12.8 Å². The highest BCUT2D eigenvalue weighted by Crippen LogP contribution is 2.38. The number of hydrogen-bond acceptors (Lipinski definition) is 9. The molecule has 1 aliphatic rings. The van der Waals surface area contributed by atoms with Crippen LogP contribution in [0.25, 0.3) is 0 Å². The zero-order chi connectivity index (χ0) is 32.1. The van der Waals surface area contributed by atoms with Gasteiger partial charge in [0.25, 0.3) is 0 Å². The molecule has 0 spiro atoms. The van der Waals surface area contributed by atoms with Crippen LogP contribution in [0.2, 0.25) is 0 Å². The molecule has 2 unspecified atom stereocenters. The van der Waals surface area contributed by atoms with Gasteiger partial charge in [-0.15, -0.1) is 0 Å². The van der Waals surface area contributed by atoms with Gasteiger partial charge in [-0.05, 0) is 12.8 Å². The fourth-order valence-electron chi connectivity index (χ4n) is 6.03. The lowest BCUT2D eigenvalue weighted by atomic mass is 9.66. The molecule has 9 nitrogen and oxygen atoms in total. The molecule has 253 valence electrons. The Kier molecular flexibility index (Phi) is 21.0. The van der Waals surface area contributed by atoms with Gasteiger partial charge in [-0.1, -0.05) is 129 Å². The first-order valence-electron chi connectivity index (χ1n) is 17.3. The van der Waals surface area contributed by atoms with Crippen molar-refractivity contribution in [2.75, 3.05) is 6.61 Å². The van der Waals surface area contributed by atoms with E-state index in [4.69, 9.17) is 10.5 Å². The molecule has 0 aromatic carbocycles. The van der Waals surface area contributed by atoms with Crippen molar-refractivity contribution in [3.05, 3.63) is 6.61 Å². The normalized spacial score (nSPS) is 25.5. The van der Waals surface area contributed by atoms with Gasteiger partial charge in [0.2, 0.25) is 0 Å². The molecule has 6 atom stereocenters. The lowest BCUT2D eigenvalue weighted by molar-refractivity contribution is -0.214. The Labute approximate surface area is 261 Å². The number of Topliss-reactive ketones (excluding diaryl/α,β-unsaturated/α-hetero) is 2. The van der Waals surface area contributed by atoms with E-state index in [1.807, 2.05) is 0 Å². The molecular weight excluding hydrogens is 550 g/mol. The minimum Gasteiger partial charge on any atom is -0.394 e. The maximum Gasteiger partial charge on any atom is 0.179 e. The molecule has 1 saturated heterocycles. The monoisotopic (exact) mass is 614 g/mol. The largest absolute Gasteiger partial charge is 0.394 e. The third kappa shape index (κ3) is 13.5. The highest BCUT2D eigenvalue weighted by atomic mass is 16.5. The standard InChI is InChI=1S/C34H64NO8/c1-3-5-7-9-11-13-15-17-19-21-27(37)23-30(39)33(35)26-43-29(25-36)32(41)34(33,42)31(40)24-28(38)22-20-18-16-14-12-10-8-6-4-2/h26-29,32,36-38,41-42H,3-25,35H2,1-2H3/t27?,28?,29-,32-,33-,34+/m1/s1. The summed E-state index contributed by atoms with van der Waals surface area (Å²) in [5.41, 5.74) is 1.04. The van der Waals surface area contributed by atoms with Gasteiger partial charge >= 0.3 is 0 Å². The quantitative estimate of drug-likeness (QED) is 0.0711. The van der Waals surface area contributed by atoms with Gasteiger partial charge in [0.15, 0.2) is 17.2 Å². The lowest BCUT2D eigenvalue weighted by Gasteiger charge is -2.50. The topological polar surface area (TPSA) is 171 Å². The van der Waals surface area contributed by atoms with Crippen LogP contribution in [-0.4, -0.2) is 79.3 Å². The molecule has 1 rings (SSSR count). The van der Waals surface area contributed by atoms with Gasteiger partial charge in [0.1, 0.15) is 24.4 Å². The predicted molar refractivity (Wildman–Crippen MR) is 169 cm³/mol. The lowest BCUT2D eigenvalue weighted by Crippen LogP contribution is -2.79. The van der Waals surface area contributed by atoms with Crippen molar-refractivity contribution in [3.8, 4) is 0 Å². The third-order valence-corrected chi connectivity index (χ3v) is 9.03. The van der Waals surface area contributed by atoms with Crippen LogP contribution in [0, 0.1) is 6.61 Å². The molecule has 1 aliphatic heterocycles. The number of carbonyl (C=O) groups is 2. The average molecular weight is 615 g/mol. The number of rotatable bonds is 27. The molecule has 43 heavy (non-hydrogen) atoms. The zero-order valence-corrected chi connectivity index (χ0v) is 27.2. The Hall–Kier alpha value is -0.940. The highest BCUT2D eigenvalue weighted by Gasteiger charge is 2.66. The average Bonchev–Trinajstić information content (AvgIpc) is 2.98. The first-order chi connectivity index (χ1) is 20.6. The summed E-state index contributed by atoms with van der Waals surface area (Å²) >= 11 is 0. The number of carbonyl (C=O) groups excluding carboxylic acids is 2. The maximum atomic E-state index is 13.4. The van der Waals surface area contributed by atoms with E-state index in [0.29, 0.717) is 19.3 Å². The summed E-state index contributed by atoms with van der Waals surface area (Å²) in [6, 6.07) is 0. The summed E-state index contributed by atoms with van der Waals surface area (Å²) in [5.74, 6) is -1.85. The van der Waals surface area contributed by atoms with Crippen LogP contribution in [0.4, 0.5) is 0 Å². The van der Waals surface area contributed by atoms with Crippen LogP contribution >= 0.6 is 0 Å². The van der Waals surface area contributed by atoms with Crippen LogP contribution in [0.5, 0.6) is 0 Å². The first kappa shape index (κ1) is 40.1. The molecular formula is C34H64NO8. The fourth-order valence-corrected chi connectivity index (χ4v) is 6.03. The predicted octanol–water partition coefficient (Wildman–Crippen LogP) is 4.81. The number of nitrogens with two attached hydrogens (primary N) is 1. The Morgan fingerprint density at radius 3 is 1.49 bits per heavy atom. The van der Waals surface area contributed by atoms with Crippen LogP contribution in [0.1, 0.15) is 155 Å². The van der Waals surface area contributed by atoms with Gasteiger partial charge in [0.05, 0.1) is 18.8 Å². The summed E-state index contributed by atoms with van der Waals surface area (Å²) in [5, 5.41) is 53.2. The third-order valence-electron chi connectivity index (χ3n) is 9.03. The number of unbranched alkanes of at least 4 members (excludes halogenated alkanes) is 16. The van der Waals surface area contributed by atoms with Crippen molar-refractivity contribution < 1.29 is 39.9 Å². The van der Waals surface area contributed by atoms with Gasteiger partial charge in [-0.25, -0.2) is 0 Å². The summed E-state index contributed by atoms with van der Waals surface area (Å²) in [6.45, 7) is 4.47. The molecule has 0 aliphatic carbocycles. The Balaban J connectivity index is 2.63. The second kappa shape index (κ2) is 22.5. The summed E-state index contributed by atoms with van der Waals surface area (Å²) in [4.78, 5) is 26.7. The number of ether oxygens (including phenoxy) is 1. The fraction of sp³-hybridized carbons (Fsp3) is 0.912. The molecule has 0 saturated carbocycles. The Morgan fingerprint density at radius 1 is 0.721 bits per heavy atom. The van der Waals surface area contributed by atoms with Crippen molar-refractivity contribution in [1.29, 1.82) is 0 Å². The van der Waals surface area contributed by atoms with E-state index in [9.17, 15) is 35.1 Å². The zero-order valence-electron chi connectivity index (χ0n) is 27.2. The van der Waals surface area contributed by atoms with E-state index in [0.717, 1.165) is 51.6 Å². The van der Waals surface area contributed by atoms with E-state index in [1.54, 1.807) is 0 Å². The van der Waals surface area contributed by atoms with E-state index < -0.39 is 66.6 Å². The molecule has 9 heteroatoms. The molecule has 1 fully saturated rings. The van der Waals surface area contributed by atoms with Gasteiger partial charge in [-0.3, -0.25) is 9.59 Å². The van der Waals surface area contributed by atoms with Crippen molar-refractivity contribution in [2.24, 2.45) is 5.73 Å². The number of aliphatic hydroxyl groups is 5. The minimum absolute atomic E-state index is 0.334. The Bertz CT molecular complexity index is 752. The molecule has 1 heterocycles.